The zero-order valence-corrected chi connectivity index (χ0v) is 12.2. The number of halogens is 1. The third-order valence-corrected chi connectivity index (χ3v) is 4.27. The molecular formula is C17H26FN. The quantitative estimate of drug-likeness (QED) is 0.812. The van der Waals surface area contributed by atoms with Crippen LogP contribution in [0.15, 0.2) is 24.3 Å². The lowest BCUT2D eigenvalue weighted by Gasteiger charge is -2.34. The van der Waals surface area contributed by atoms with E-state index >= 15 is 0 Å². The summed E-state index contributed by atoms with van der Waals surface area (Å²) in [6.07, 6.45) is 6.31. The summed E-state index contributed by atoms with van der Waals surface area (Å²) in [5.74, 6) is 1.33. The third-order valence-electron chi connectivity index (χ3n) is 4.27. The van der Waals surface area contributed by atoms with Crippen molar-refractivity contribution < 1.29 is 4.39 Å². The minimum Gasteiger partial charge on any atom is -0.310 e. The molecule has 0 heterocycles. The van der Waals surface area contributed by atoms with Gasteiger partial charge in [0.2, 0.25) is 0 Å². The fourth-order valence-electron chi connectivity index (χ4n) is 3.34. The lowest BCUT2D eigenvalue weighted by atomic mass is 9.76. The van der Waals surface area contributed by atoms with Crippen molar-refractivity contribution in [3.8, 4) is 0 Å². The van der Waals surface area contributed by atoms with Crippen molar-refractivity contribution in [3.05, 3.63) is 35.6 Å². The SMILES string of the molecule is CCCNC(c1cccc(F)c1)C1CCCC(C)C1. The Morgan fingerprint density at radius 3 is 2.89 bits per heavy atom. The Morgan fingerprint density at radius 1 is 1.37 bits per heavy atom. The molecule has 0 radical (unpaired) electrons. The van der Waals surface area contributed by atoms with Crippen LogP contribution in [0.2, 0.25) is 0 Å². The van der Waals surface area contributed by atoms with Gasteiger partial charge in [-0.15, -0.1) is 0 Å². The molecule has 1 fully saturated rings. The highest BCUT2D eigenvalue weighted by atomic mass is 19.1. The van der Waals surface area contributed by atoms with Gasteiger partial charge < -0.3 is 5.32 Å². The lowest BCUT2D eigenvalue weighted by molar-refractivity contribution is 0.223. The molecule has 1 N–H and O–H groups in total. The summed E-state index contributed by atoms with van der Waals surface area (Å²) in [5, 5.41) is 3.64. The fourth-order valence-corrected chi connectivity index (χ4v) is 3.34. The first-order valence-electron chi connectivity index (χ1n) is 7.69. The Balaban J connectivity index is 2.14. The summed E-state index contributed by atoms with van der Waals surface area (Å²) in [6.45, 7) is 5.53. The maximum atomic E-state index is 13.5. The molecule has 3 unspecified atom stereocenters. The van der Waals surface area contributed by atoms with Gasteiger partial charge in [-0.2, -0.15) is 0 Å². The van der Waals surface area contributed by atoms with Crippen molar-refractivity contribution in [1.29, 1.82) is 0 Å². The van der Waals surface area contributed by atoms with Gasteiger partial charge in [-0.3, -0.25) is 0 Å². The normalized spacial score (nSPS) is 25.2. The van der Waals surface area contributed by atoms with E-state index in [4.69, 9.17) is 0 Å². The molecule has 0 aliphatic heterocycles. The predicted octanol–water partition coefficient (Wildman–Crippen LogP) is 4.69. The van der Waals surface area contributed by atoms with Crippen LogP contribution >= 0.6 is 0 Å². The van der Waals surface area contributed by atoms with Crippen LogP contribution in [0.25, 0.3) is 0 Å². The monoisotopic (exact) mass is 263 g/mol. The number of hydrogen-bond acceptors (Lipinski definition) is 1. The minimum atomic E-state index is -0.121. The minimum absolute atomic E-state index is 0.121. The number of benzene rings is 1. The molecule has 3 atom stereocenters. The van der Waals surface area contributed by atoms with Crippen molar-refractivity contribution in [1.82, 2.24) is 5.32 Å². The smallest absolute Gasteiger partial charge is 0.123 e. The third kappa shape index (κ3) is 4.04. The molecule has 106 valence electrons. The molecule has 2 heteroatoms. The van der Waals surface area contributed by atoms with Gasteiger partial charge in [-0.1, -0.05) is 38.8 Å². The second kappa shape index (κ2) is 7.04. The first-order valence-corrected chi connectivity index (χ1v) is 7.69. The Bertz CT molecular complexity index is 391. The van der Waals surface area contributed by atoms with Crippen molar-refractivity contribution in [2.45, 2.75) is 52.0 Å². The summed E-state index contributed by atoms with van der Waals surface area (Å²) in [7, 11) is 0. The van der Waals surface area contributed by atoms with Crippen LogP contribution in [0.5, 0.6) is 0 Å². The van der Waals surface area contributed by atoms with Crippen LogP contribution in [-0.4, -0.2) is 6.54 Å². The van der Waals surface area contributed by atoms with Crippen molar-refractivity contribution >= 4 is 0 Å². The molecule has 0 aromatic heterocycles. The molecule has 19 heavy (non-hydrogen) atoms. The van der Waals surface area contributed by atoms with Crippen LogP contribution in [0, 0.1) is 17.7 Å². The van der Waals surface area contributed by atoms with E-state index in [9.17, 15) is 4.39 Å². The topological polar surface area (TPSA) is 12.0 Å². The van der Waals surface area contributed by atoms with E-state index in [1.807, 2.05) is 6.07 Å². The van der Waals surface area contributed by atoms with E-state index in [2.05, 4.69) is 25.2 Å². The molecule has 1 aliphatic rings. The van der Waals surface area contributed by atoms with E-state index in [1.165, 1.54) is 31.7 Å². The maximum Gasteiger partial charge on any atom is 0.123 e. The Morgan fingerprint density at radius 2 is 2.21 bits per heavy atom. The van der Waals surface area contributed by atoms with Crippen LogP contribution in [-0.2, 0) is 0 Å². The molecule has 0 saturated heterocycles. The highest BCUT2D eigenvalue weighted by molar-refractivity contribution is 5.21. The van der Waals surface area contributed by atoms with Crippen molar-refractivity contribution in [3.63, 3.8) is 0 Å². The second-order valence-corrected chi connectivity index (χ2v) is 6.02. The molecule has 1 saturated carbocycles. The van der Waals surface area contributed by atoms with Crippen LogP contribution < -0.4 is 5.32 Å². The van der Waals surface area contributed by atoms with E-state index in [1.54, 1.807) is 6.07 Å². The highest BCUT2D eigenvalue weighted by Gasteiger charge is 2.27. The Kier molecular flexibility index (Phi) is 5.38. The van der Waals surface area contributed by atoms with Crippen LogP contribution in [0.4, 0.5) is 4.39 Å². The van der Waals surface area contributed by atoms with Gasteiger partial charge in [-0.05, 0) is 55.3 Å². The molecule has 0 spiro atoms. The summed E-state index contributed by atoms with van der Waals surface area (Å²) in [4.78, 5) is 0. The van der Waals surface area contributed by atoms with Gasteiger partial charge in [0.05, 0.1) is 0 Å². The molecule has 1 nitrogen and oxygen atoms in total. The van der Waals surface area contributed by atoms with Crippen molar-refractivity contribution in [2.75, 3.05) is 6.54 Å². The predicted molar refractivity (Wildman–Crippen MR) is 78.6 cm³/mol. The standard InChI is InChI=1S/C17H26FN/c1-3-10-19-17(14-7-4-6-13(2)11-14)15-8-5-9-16(18)12-15/h5,8-9,12-14,17,19H,3-4,6-7,10-11H2,1-2H3. The first-order chi connectivity index (χ1) is 9.20. The number of rotatable bonds is 5. The van der Waals surface area contributed by atoms with Crippen LogP contribution in [0.1, 0.15) is 57.6 Å². The second-order valence-electron chi connectivity index (χ2n) is 6.02. The van der Waals surface area contributed by atoms with Gasteiger partial charge in [0.15, 0.2) is 0 Å². The maximum absolute atomic E-state index is 13.5. The molecule has 0 amide bonds. The fraction of sp³-hybridized carbons (Fsp3) is 0.647. The molecule has 1 aromatic carbocycles. The molecule has 1 aliphatic carbocycles. The summed E-state index contributed by atoms with van der Waals surface area (Å²) in [6, 6.07) is 7.45. The Hall–Kier alpha value is -0.890. The van der Waals surface area contributed by atoms with Gasteiger partial charge in [0.25, 0.3) is 0 Å². The zero-order valence-electron chi connectivity index (χ0n) is 12.2. The average molecular weight is 263 g/mol. The average Bonchev–Trinajstić information content (AvgIpc) is 2.39. The molecular weight excluding hydrogens is 237 g/mol. The molecule has 0 bridgehead atoms. The van der Waals surface area contributed by atoms with Crippen molar-refractivity contribution in [2.24, 2.45) is 11.8 Å². The van der Waals surface area contributed by atoms with E-state index in [0.717, 1.165) is 24.4 Å². The highest BCUT2D eigenvalue weighted by Crippen LogP contribution is 2.37. The van der Waals surface area contributed by atoms with Gasteiger partial charge in [-0.25, -0.2) is 4.39 Å². The van der Waals surface area contributed by atoms with Gasteiger partial charge in [0.1, 0.15) is 5.82 Å². The number of nitrogens with one attached hydrogen (secondary N) is 1. The summed E-state index contributed by atoms with van der Waals surface area (Å²) >= 11 is 0. The molecule has 2 rings (SSSR count). The van der Waals surface area contributed by atoms with E-state index in [0.29, 0.717) is 12.0 Å². The number of hydrogen-bond donors (Lipinski definition) is 1. The van der Waals surface area contributed by atoms with E-state index in [-0.39, 0.29) is 5.82 Å². The van der Waals surface area contributed by atoms with E-state index < -0.39 is 0 Å². The first kappa shape index (κ1) is 14.5. The van der Waals surface area contributed by atoms with Gasteiger partial charge in [0, 0.05) is 6.04 Å². The Labute approximate surface area is 116 Å². The summed E-state index contributed by atoms with van der Waals surface area (Å²) < 4.78 is 13.5. The largest absolute Gasteiger partial charge is 0.310 e. The lowest BCUT2D eigenvalue weighted by Crippen LogP contribution is -2.31. The van der Waals surface area contributed by atoms with Gasteiger partial charge >= 0.3 is 0 Å². The van der Waals surface area contributed by atoms with Crippen LogP contribution in [0.3, 0.4) is 0 Å². The zero-order chi connectivity index (χ0) is 13.7. The molecule has 1 aromatic rings. The summed E-state index contributed by atoms with van der Waals surface area (Å²) in [5.41, 5.74) is 1.12.